The van der Waals surface area contributed by atoms with Gasteiger partial charge in [0, 0.05) is 0 Å². The van der Waals surface area contributed by atoms with Gasteiger partial charge in [-0.1, -0.05) is 23.8 Å². The number of nitrogens with zero attached hydrogens (tertiary/aromatic N) is 2. The average molecular weight is 487 g/mol. The number of hydrogen-bond acceptors (Lipinski definition) is 4. The molecule has 0 spiro atoms. The molecule has 12 heteroatoms. The van der Waals surface area contributed by atoms with Crippen molar-refractivity contribution in [2.24, 2.45) is 10.2 Å². The monoisotopic (exact) mass is 487 g/mol. The number of benzene rings is 3. The Morgan fingerprint density at radius 2 is 1.36 bits per heavy atom. The number of nitrogens with one attached hydrogen (secondary N) is 1. The molecule has 0 atom stereocenters. The highest BCUT2D eigenvalue weighted by Crippen LogP contribution is 2.37. The first-order valence-corrected chi connectivity index (χ1v) is 10.6. The lowest BCUT2D eigenvalue weighted by Crippen LogP contribution is -2.13. The van der Waals surface area contributed by atoms with Crippen molar-refractivity contribution in [1.29, 1.82) is 0 Å². The molecule has 33 heavy (non-hydrogen) atoms. The molecule has 3 aromatic carbocycles. The summed E-state index contributed by atoms with van der Waals surface area (Å²) in [6.45, 7) is 1.74. The van der Waals surface area contributed by atoms with Crippen LogP contribution in [0.1, 0.15) is 16.7 Å². The molecule has 0 unspecified atom stereocenters. The summed E-state index contributed by atoms with van der Waals surface area (Å²) in [5, 5.41) is 7.17. The van der Waals surface area contributed by atoms with Gasteiger partial charge < -0.3 is 0 Å². The third-order valence-corrected chi connectivity index (χ3v) is 5.73. The predicted octanol–water partition coefficient (Wildman–Crippen LogP) is 7.25. The average Bonchev–Trinajstić information content (AvgIpc) is 2.72. The summed E-state index contributed by atoms with van der Waals surface area (Å²) < 4.78 is 106. The molecule has 0 amide bonds. The number of rotatable bonds is 5. The lowest BCUT2D eigenvalue weighted by Gasteiger charge is -2.13. The molecular weight excluding hydrogens is 472 g/mol. The molecule has 0 fully saturated rings. The summed E-state index contributed by atoms with van der Waals surface area (Å²) in [5.41, 5.74) is -2.52. The van der Waals surface area contributed by atoms with Crippen molar-refractivity contribution in [3.8, 4) is 0 Å². The second-order valence-electron chi connectivity index (χ2n) is 6.90. The lowest BCUT2D eigenvalue weighted by molar-refractivity contribution is -0.138. The van der Waals surface area contributed by atoms with Crippen molar-refractivity contribution >= 4 is 27.1 Å². The van der Waals surface area contributed by atoms with E-state index in [1.807, 2.05) is 0 Å². The van der Waals surface area contributed by atoms with Crippen LogP contribution in [0.15, 0.2) is 81.9 Å². The molecule has 3 rings (SSSR count). The van der Waals surface area contributed by atoms with E-state index in [1.54, 1.807) is 6.92 Å². The smallest absolute Gasteiger partial charge is 0.277 e. The minimum absolute atomic E-state index is 0.145. The second-order valence-corrected chi connectivity index (χ2v) is 8.58. The van der Waals surface area contributed by atoms with Gasteiger partial charge in [0.1, 0.15) is 5.69 Å². The molecule has 1 N–H and O–H groups in total. The maximum Gasteiger partial charge on any atom is 0.416 e. The molecule has 5 nitrogen and oxygen atoms in total. The SMILES string of the molecule is Cc1ccc(S(=O)(=O)Nc2ccc(C(F)(F)F)cc2N=Nc2cccc(C(F)(F)F)c2)cc1. The molecule has 0 heterocycles. The standard InChI is InChI=1S/C21H15F6N3O2S/c1-13-5-8-17(9-6-13)33(31,32)30-18-10-7-15(21(25,26)27)12-19(18)29-28-16-4-2-3-14(11-16)20(22,23)24/h2-12,30H,1H3. The molecule has 0 bridgehead atoms. The van der Waals surface area contributed by atoms with Gasteiger partial charge >= 0.3 is 12.4 Å². The van der Waals surface area contributed by atoms with Gasteiger partial charge in [-0.15, -0.1) is 5.11 Å². The Bertz CT molecular complexity index is 1280. The molecule has 0 aliphatic heterocycles. The van der Waals surface area contributed by atoms with Crippen molar-refractivity contribution in [3.05, 3.63) is 83.4 Å². The first kappa shape index (κ1) is 24.2. The fraction of sp³-hybridized carbons (Fsp3) is 0.143. The first-order valence-electron chi connectivity index (χ1n) is 9.15. The summed E-state index contributed by atoms with van der Waals surface area (Å²) in [4.78, 5) is -0.145. The largest absolute Gasteiger partial charge is 0.416 e. The fourth-order valence-electron chi connectivity index (χ4n) is 2.65. The predicted molar refractivity (Wildman–Crippen MR) is 109 cm³/mol. The van der Waals surface area contributed by atoms with Gasteiger partial charge in [-0.3, -0.25) is 4.72 Å². The Morgan fingerprint density at radius 3 is 1.97 bits per heavy atom. The van der Waals surface area contributed by atoms with Crippen molar-refractivity contribution in [1.82, 2.24) is 0 Å². The second kappa shape index (κ2) is 8.85. The Balaban J connectivity index is 2.02. The maximum atomic E-state index is 13.2. The number of hydrogen-bond donors (Lipinski definition) is 1. The third kappa shape index (κ3) is 6.09. The molecule has 0 aromatic heterocycles. The highest BCUT2D eigenvalue weighted by Gasteiger charge is 2.32. The quantitative estimate of drug-likeness (QED) is 0.304. The zero-order valence-electron chi connectivity index (χ0n) is 16.7. The molecule has 0 aliphatic carbocycles. The number of halogens is 6. The summed E-state index contributed by atoms with van der Waals surface area (Å²) >= 11 is 0. The van der Waals surface area contributed by atoms with Gasteiger partial charge in [0.05, 0.1) is 27.4 Å². The molecule has 0 saturated carbocycles. The maximum absolute atomic E-state index is 13.2. The van der Waals surface area contributed by atoms with Crippen LogP contribution in [0, 0.1) is 6.92 Å². The summed E-state index contributed by atoms with van der Waals surface area (Å²) in [5.74, 6) is 0. The van der Waals surface area contributed by atoms with Crippen LogP contribution in [0.5, 0.6) is 0 Å². The van der Waals surface area contributed by atoms with Crippen molar-refractivity contribution in [3.63, 3.8) is 0 Å². The fourth-order valence-corrected chi connectivity index (χ4v) is 3.73. The van der Waals surface area contributed by atoms with Crippen LogP contribution in [0.3, 0.4) is 0 Å². The summed E-state index contributed by atoms with van der Waals surface area (Å²) in [7, 11) is -4.19. The highest BCUT2D eigenvalue weighted by atomic mass is 32.2. The Morgan fingerprint density at radius 1 is 0.758 bits per heavy atom. The summed E-state index contributed by atoms with van der Waals surface area (Å²) in [6, 6.07) is 11.4. The Labute approximate surface area is 184 Å². The normalized spacial score (nSPS) is 12.8. The van der Waals surface area contributed by atoms with Crippen molar-refractivity contribution < 1.29 is 34.8 Å². The van der Waals surface area contributed by atoms with E-state index in [4.69, 9.17) is 0 Å². The summed E-state index contributed by atoms with van der Waals surface area (Å²) in [6.07, 6.45) is -9.43. The van der Waals surface area contributed by atoms with Gasteiger partial charge in [0.15, 0.2) is 0 Å². The third-order valence-electron chi connectivity index (χ3n) is 4.35. The zero-order valence-corrected chi connectivity index (χ0v) is 17.6. The molecular formula is C21H15F6N3O2S. The van der Waals surface area contributed by atoms with Crippen molar-refractivity contribution in [2.45, 2.75) is 24.2 Å². The van der Waals surface area contributed by atoms with Gasteiger partial charge in [-0.05, 0) is 55.5 Å². The number of alkyl halides is 6. The van der Waals surface area contributed by atoms with Gasteiger partial charge in [0.2, 0.25) is 0 Å². The van der Waals surface area contributed by atoms with E-state index in [-0.39, 0.29) is 16.3 Å². The van der Waals surface area contributed by atoms with Crippen LogP contribution < -0.4 is 4.72 Å². The van der Waals surface area contributed by atoms with Crippen LogP contribution in [-0.2, 0) is 22.4 Å². The van der Waals surface area contributed by atoms with E-state index in [1.165, 1.54) is 30.3 Å². The topological polar surface area (TPSA) is 70.9 Å². The van der Waals surface area contributed by atoms with Crippen LogP contribution in [0.2, 0.25) is 0 Å². The van der Waals surface area contributed by atoms with Gasteiger partial charge in [0.25, 0.3) is 10.0 Å². The minimum atomic E-state index is -4.77. The van der Waals surface area contributed by atoms with Crippen LogP contribution in [0.25, 0.3) is 0 Å². The molecule has 0 radical (unpaired) electrons. The van der Waals surface area contributed by atoms with E-state index in [0.29, 0.717) is 18.2 Å². The van der Waals surface area contributed by atoms with Gasteiger partial charge in [-0.25, -0.2) is 8.42 Å². The van der Waals surface area contributed by atoms with Crippen molar-refractivity contribution in [2.75, 3.05) is 4.72 Å². The van der Waals surface area contributed by atoms with E-state index in [2.05, 4.69) is 15.0 Å². The molecule has 3 aromatic rings. The number of aryl methyl sites for hydroxylation is 1. The van der Waals surface area contributed by atoms with E-state index in [9.17, 15) is 34.8 Å². The molecule has 0 aliphatic rings. The van der Waals surface area contributed by atoms with Gasteiger partial charge in [-0.2, -0.15) is 31.5 Å². The Hall–Kier alpha value is -3.41. The number of sulfonamides is 1. The first-order chi connectivity index (χ1) is 15.3. The highest BCUT2D eigenvalue weighted by molar-refractivity contribution is 7.92. The number of azo groups is 1. The van der Waals surface area contributed by atoms with E-state index >= 15 is 0 Å². The van der Waals surface area contributed by atoms with E-state index in [0.717, 1.165) is 23.8 Å². The van der Waals surface area contributed by atoms with E-state index < -0.39 is 39.2 Å². The van der Waals surface area contributed by atoms with Crippen LogP contribution in [-0.4, -0.2) is 8.42 Å². The lowest BCUT2D eigenvalue weighted by atomic mass is 10.1. The molecule has 0 saturated heterocycles. The van der Waals surface area contributed by atoms with Crippen LogP contribution >= 0.6 is 0 Å². The minimum Gasteiger partial charge on any atom is -0.277 e. The number of anilines is 1. The zero-order chi connectivity index (χ0) is 24.4. The molecule has 174 valence electrons. The van der Waals surface area contributed by atoms with Crippen LogP contribution in [0.4, 0.5) is 43.4 Å². The Kier molecular flexibility index (Phi) is 6.50.